The molecule has 4 aromatic rings. The van der Waals surface area contributed by atoms with Crippen LogP contribution in [-0.4, -0.2) is 22.1 Å². The Balaban J connectivity index is 1.53. The van der Waals surface area contributed by atoms with Crippen LogP contribution in [0.25, 0.3) is 33.1 Å². The van der Waals surface area contributed by atoms with Gasteiger partial charge in [-0.2, -0.15) is 0 Å². The summed E-state index contributed by atoms with van der Waals surface area (Å²) < 4.78 is 10.9. The number of nitrogens with one attached hydrogen (secondary N) is 1. The van der Waals surface area contributed by atoms with Gasteiger partial charge in [-0.3, -0.25) is 4.79 Å². The summed E-state index contributed by atoms with van der Waals surface area (Å²) in [5, 5.41) is 9.81. The largest absolute Gasteiger partial charge is 0.443 e. The van der Waals surface area contributed by atoms with E-state index in [1.165, 1.54) is 0 Å². The number of thiophene rings is 1. The number of oxazole rings is 1. The van der Waals surface area contributed by atoms with Gasteiger partial charge in [0.2, 0.25) is 5.89 Å². The minimum Gasteiger partial charge on any atom is -0.443 e. The maximum absolute atomic E-state index is 12.3. The van der Waals surface area contributed by atoms with Crippen LogP contribution >= 0.6 is 11.3 Å². The number of hydrogen-bond acceptors (Lipinski definition) is 6. The van der Waals surface area contributed by atoms with Gasteiger partial charge in [-0.1, -0.05) is 11.2 Å². The monoisotopic (exact) mass is 351 g/mol. The Morgan fingerprint density at radius 3 is 3.00 bits per heavy atom. The van der Waals surface area contributed by atoms with Gasteiger partial charge in [0.05, 0.1) is 10.3 Å². The number of carbonyl (C=O) groups excluding carboxylic acids is 1. The second-order valence-electron chi connectivity index (χ2n) is 6.01. The first-order valence-corrected chi connectivity index (χ1v) is 8.86. The third-order valence-electron chi connectivity index (χ3n) is 4.12. The highest BCUT2D eigenvalue weighted by Gasteiger charge is 2.24. The molecule has 5 rings (SSSR count). The van der Waals surface area contributed by atoms with Gasteiger partial charge in [-0.05, 0) is 42.5 Å². The predicted molar refractivity (Wildman–Crippen MR) is 93.3 cm³/mol. The minimum absolute atomic E-state index is 0.0732. The van der Waals surface area contributed by atoms with E-state index in [2.05, 4.69) is 15.5 Å². The summed E-state index contributed by atoms with van der Waals surface area (Å²) in [6.07, 6.45) is 3.66. The van der Waals surface area contributed by atoms with Crippen molar-refractivity contribution >= 4 is 28.2 Å². The summed E-state index contributed by atoms with van der Waals surface area (Å²) in [6.45, 7) is 0. The lowest BCUT2D eigenvalue weighted by molar-refractivity contribution is 0.0951. The summed E-state index contributed by atoms with van der Waals surface area (Å²) in [4.78, 5) is 17.7. The Kier molecular flexibility index (Phi) is 3.21. The van der Waals surface area contributed by atoms with E-state index in [-0.39, 0.29) is 5.91 Å². The molecule has 1 fully saturated rings. The Bertz CT molecular complexity index is 1060. The quantitative estimate of drug-likeness (QED) is 0.598. The van der Waals surface area contributed by atoms with Crippen LogP contribution in [0.2, 0.25) is 0 Å². The van der Waals surface area contributed by atoms with E-state index in [1.807, 2.05) is 17.5 Å². The Morgan fingerprint density at radius 2 is 2.20 bits per heavy atom. The fraction of sp³-hybridized carbons (Fsp3) is 0.167. The maximum Gasteiger partial charge on any atom is 0.251 e. The standard InChI is InChI=1S/C18H13N3O3S/c22-17(19-11-4-5-11)10-3-6-14-12(8-10)16(21-24-14)13-9-23-18(20-13)15-2-1-7-25-15/h1-3,6-9,11H,4-5H2,(H,19,22). The normalized spacial score (nSPS) is 14.1. The van der Waals surface area contributed by atoms with Gasteiger partial charge >= 0.3 is 0 Å². The van der Waals surface area contributed by atoms with Gasteiger partial charge in [-0.15, -0.1) is 11.3 Å². The van der Waals surface area contributed by atoms with Gasteiger partial charge in [0.25, 0.3) is 5.91 Å². The minimum atomic E-state index is -0.0732. The molecule has 1 aliphatic rings. The van der Waals surface area contributed by atoms with Crippen molar-refractivity contribution in [1.82, 2.24) is 15.5 Å². The SMILES string of the molecule is O=C(NC1CC1)c1ccc2onc(-c3coc(-c4cccs4)n3)c2c1. The molecule has 0 bridgehead atoms. The van der Waals surface area contributed by atoms with Gasteiger partial charge < -0.3 is 14.3 Å². The summed E-state index contributed by atoms with van der Waals surface area (Å²) >= 11 is 1.56. The molecule has 124 valence electrons. The predicted octanol–water partition coefficient (Wildman–Crippen LogP) is 4.10. The van der Waals surface area contributed by atoms with Crippen molar-refractivity contribution in [2.45, 2.75) is 18.9 Å². The van der Waals surface area contributed by atoms with E-state index in [4.69, 9.17) is 8.94 Å². The van der Waals surface area contributed by atoms with Crippen LogP contribution < -0.4 is 5.32 Å². The molecule has 1 aliphatic carbocycles. The number of carbonyl (C=O) groups is 1. The van der Waals surface area contributed by atoms with E-state index in [0.29, 0.717) is 34.5 Å². The number of hydrogen-bond donors (Lipinski definition) is 1. The van der Waals surface area contributed by atoms with Crippen LogP contribution in [0, 0.1) is 0 Å². The van der Waals surface area contributed by atoms with Crippen LogP contribution in [-0.2, 0) is 0 Å². The van der Waals surface area contributed by atoms with Crippen molar-refractivity contribution < 1.29 is 13.7 Å². The number of fused-ring (bicyclic) bond motifs is 1. The lowest BCUT2D eigenvalue weighted by Crippen LogP contribution is -2.25. The first-order valence-electron chi connectivity index (χ1n) is 7.98. The molecule has 3 heterocycles. The molecule has 0 atom stereocenters. The van der Waals surface area contributed by atoms with Crippen molar-refractivity contribution in [3.05, 3.63) is 47.5 Å². The van der Waals surface area contributed by atoms with Crippen molar-refractivity contribution in [3.8, 4) is 22.2 Å². The van der Waals surface area contributed by atoms with E-state index in [1.54, 1.807) is 35.8 Å². The Morgan fingerprint density at radius 1 is 1.28 bits per heavy atom. The van der Waals surface area contributed by atoms with Gasteiger partial charge in [0, 0.05) is 11.6 Å². The highest BCUT2D eigenvalue weighted by molar-refractivity contribution is 7.13. The molecule has 0 spiro atoms. The first kappa shape index (κ1) is 14.4. The Hall–Kier alpha value is -2.93. The molecule has 0 unspecified atom stereocenters. The molecule has 6 nitrogen and oxygen atoms in total. The summed E-state index contributed by atoms with van der Waals surface area (Å²) in [7, 11) is 0. The number of benzene rings is 1. The second kappa shape index (κ2) is 5.56. The van der Waals surface area contributed by atoms with E-state index >= 15 is 0 Å². The molecule has 1 N–H and O–H groups in total. The molecule has 0 aliphatic heterocycles. The first-order chi connectivity index (χ1) is 12.3. The third kappa shape index (κ3) is 2.62. The lowest BCUT2D eigenvalue weighted by atomic mass is 10.1. The van der Waals surface area contributed by atoms with Crippen LogP contribution in [0.5, 0.6) is 0 Å². The highest BCUT2D eigenvalue weighted by Crippen LogP contribution is 2.31. The fourth-order valence-electron chi connectivity index (χ4n) is 2.66. The molecule has 7 heteroatoms. The zero-order valence-electron chi connectivity index (χ0n) is 13.1. The van der Waals surface area contributed by atoms with E-state index < -0.39 is 0 Å². The van der Waals surface area contributed by atoms with Gasteiger partial charge in [0.1, 0.15) is 17.7 Å². The number of rotatable bonds is 4. The average Bonchev–Trinajstić information content (AvgIpc) is 3.08. The summed E-state index contributed by atoms with van der Waals surface area (Å²) in [6, 6.07) is 9.50. The van der Waals surface area contributed by atoms with Crippen molar-refractivity contribution in [2.75, 3.05) is 0 Å². The topological polar surface area (TPSA) is 81.2 Å². The zero-order valence-corrected chi connectivity index (χ0v) is 13.9. The molecule has 1 amide bonds. The van der Waals surface area contributed by atoms with Crippen molar-refractivity contribution in [3.63, 3.8) is 0 Å². The van der Waals surface area contributed by atoms with Crippen LogP contribution in [0.3, 0.4) is 0 Å². The van der Waals surface area contributed by atoms with Crippen molar-refractivity contribution in [1.29, 1.82) is 0 Å². The number of amides is 1. The number of nitrogens with zero attached hydrogens (tertiary/aromatic N) is 2. The molecule has 3 aromatic heterocycles. The smallest absolute Gasteiger partial charge is 0.251 e. The highest BCUT2D eigenvalue weighted by atomic mass is 32.1. The van der Waals surface area contributed by atoms with E-state index in [0.717, 1.165) is 23.1 Å². The second-order valence-corrected chi connectivity index (χ2v) is 6.95. The average molecular weight is 351 g/mol. The molecule has 1 aromatic carbocycles. The Labute approximate surface area is 146 Å². The molecule has 0 radical (unpaired) electrons. The number of aromatic nitrogens is 2. The van der Waals surface area contributed by atoms with Gasteiger partial charge in [0.15, 0.2) is 5.58 Å². The molecular formula is C18H13N3O3S. The van der Waals surface area contributed by atoms with Crippen LogP contribution in [0.15, 0.2) is 50.9 Å². The maximum atomic E-state index is 12.3. The molecular weight excluding hydrogens is 338 g/mol. The lowest BCUT2D eigenvalue weighted by Gasteiger charge is -2.02. The summed E-state index contributed by atoms with van der Waals surface area (Å²) in [5.41, 5.74) is 2.36. The van der Waals surface area contributed by atoms with Crippen molar-refractivity contribution in [2.24, 2.45) is 0 Å². The molecule has 0 saturated heterocycles. The molecule has 1 saturated carbocycles. The fourth-order valence-corrected chi connectivity index (χ4v) is 3.31. The van der Waals surface area contributed by atoms with E-state index in [9.17, 15) is 4.79 Å². The molecule has 25 heavy (non-hydrogen) atoms. The van der Waals surface area contributed by atoms with Crippen LogP contribution in [0.4, 0.5) is 0 Å². The van der Waals surface area contributed by atoms with Crippen LogP contribution in [0.1, 0.15) is 23.2 Å². The van der Waals surface area contributed by atoms with Gasteiger partial charge in [-0.25, -0.2) is 4.98 Å². The summed E-state index contributed by atoms with van der Waals surface area (Å²) in [5.74, 6) is 0.472. The third-order valence-corrected chi connectivity index (χ3v) is 4.98. The zero-order chi connectivity index (χ0) is 16.8.